The number of rotatable bonds is 9. The zero-order valence-corrected chi connectivity index (χ0v) is 10.4. The Morgan fingerprint density at radius 3 is 1.42 bits per heavy atom. The van der Waals surface area contributed by atoms with Gasteiger partial charge in [0.25, 0.3) is 0 Å². The molecule has 0 unspecified atom stereocenters. The zero-order valence-electron chi connectivity index (χ0n) is 7.23. The molecule has 0 fully saturated rings. The lowest BCUT2D eigenvalue weighted by Crippen LogP contribution is -2.06. The quantitative estimate of drug-likeness (QED) is 0.481. The van der Waals surface area contributed by atoms with Gasteiger partial charge in [-0.25, -0.2) is 0 Å². The first kappa shape index (κ1) is 12.9. The summed E-state index contributed by atoms with van der Waals surface area (Å²) in [5, 5.41) is 2.02. The minimum absolute atomic E-state index is 0.718. The van der Waals surface area contributed by atoms with Crippen molar-refractivity contribution in [3.63, 3.8) is 0 Å². The molecule has 0 aliphatic carbocycles. The van der Waals surface area contributed by atoms with Crippen LogP contribution in [0.2, 0.25) is 0 Å². The Morgan fingerprint density at radius 2 is 1.08 bits per heavy atom. The van der Waals surface area contributed by atoms with Crippen molar-refractivity contribution in [3.05, 3.63) is 0 Å². The van der Waals surface area contributed by atoms with Crippen LogP contribution in [0, 0.1) is 0 Å². The smallest absolute Gasteiger partial charge is 0.0700 e. The SMILES string of the molecule is BrCCCOCCOCCCBr. The molecule has 0 rings (SSSR count). The Bertz CT molecular complexity index is 71.5. The Kier molecular flexibility index (Phi) is 12.8. The summed E-state index contributed by atoms with van der Waals surface area (Å²) in [7, 11) is 0. The number of hydrogen-bond acceptors (Lipinski definition) is 2. The van der Waals surface area contributed by atoms with Gasteiger partial charge in [0.1, 0.15) is 0 Å². The maximum Gasteiger partial charge on any atom is 0.0700 e. The molecule has 2 nitrogen and oxygen atoms in total. The normalized spacial score (nSPS) is 10.5. The molecule has 0 bridgehead atoms. The Hall–Kier alpha value is 0.880. The van der Waals surface area contributed by atoms with Crippen LogP contribution in [0.3, 0.4) is 0 Å². The molecule has 0 aliphatic rings. The van der Waals surface area contributed by atoms with E-state index >= 15 is 0 Å². The summed E-state index contributed by atoms with van der Waals surface area (Å²) in [6, 6.07) is 0. The Labute approximate surface area is 91.3 Å². The van der Waals surface area contributed by atoms with Crippen molar-refractivity contribution >= 4 is 31.9 Å². The Balaban J connectivity index is 2.73. The zero-order chi connectivity index (χ0) is 9.07. The second kappa shape index (κ2) is 11.9. The largest absolute Gasteiger partial charge is 0.379 e. The van der Waals surface area contributed by atoms with E-state index in [0.29, 0.717) is 0 Å². The predicted octanol–water partition coefficient (Wildman–Crippen LogP) is 2.59. The summed E-state index contributed by atoms with van der Waals surface area (Å²) in [6.07, 6.45) is 2.14. The van der Waals surface area contributed by atoms with Crippen molar-refractivity contribution in [2.24, 2.45) is 0 Å². The summed E-state index contributed by atoms with van der Waals surface area (Å²) in [6.45, 7) is 3.09. The molecule has 12 heavy (non-hydrogen) atoms. The summed E-state index contributed by atoms with van der Waals surface area (Å²) in [5.41, 5.74) is 0. The second-order valence-electron chi connectivity index (χ2n) is 2.31. The van der Waals surface area contributed by atoms with Crippen LogP contribution in [0.4, 0.5) is 0 Å². The molecule has 4 heteroatoms. The first-order chi connectivity index (χ1) is 5.91. The lowest BCUT2D eigenvalue weighted by molar-refractivity contribution is 0.0489. The van der Waals surface area contributed by atoms with Crippen LogP contribution in [0.5, 0.6) is 0 Å². The highest BCUT2D eigenvalue weighted by Crippen LogP contribution is 1.90. The molecule has 0 heterocycles. The van der Waals surface area contributed by atoms with Crippen molar-refractivity contribution in [3.8, 4) is 0 Å². The van der Waals surface area contributed by atoms with Gasteiger partial charge in [-0.2, -0.15) is 0 Å². The Morgan fingerprint density at radius 1 is 0.667 bits per heavy atom. The minimum Gasteiger partial charge on any atom is -0.379 e. The van der Waals surface area contributed by atoms with Gasteiger partial charge >= 0.3 is 0 Å². The van der Waals surface area contributed by atoms with Crippen LogP contribution in [0.15, 0.2) is 0 Å². The lowest BCUT2D eigenvalue weighted by Gasteiger charge is -2.03. The average molecular weight is 304 g/mol. The van der Waals surface area contributed by atoms with Gasteiger partial charge in [0.2, 0.25) is 0 Å². The number of halogens is 2. The van der Waals surface area contributed by atoms with Crippen molar-refractivity contribution in [1.82, 2.24) is 0 Å². The van der Waals surface area contributed by atoms with E-state index in [4.69, 9.17) is 9.47 Å². The highest BCUT2D eigenvalue weighted by molar-refractivity contribution is 9.09. The topological polar surface area (TPSA) is 18.5 Å². The average Bonchev–Trinajstić information content (AvgIpc) is 2.10. The summed E-state index contributed by atoms with van der Waals surface area (Å²) in [5.74, 6) is 0. The molecule has 0 radical (unpaired) electrons. The van der Waals surface area contributed by atoms with E-state index in [0.717, 1.165) is 49.9 Å². The maximum atomic E-state index is 5.29. The standard InChI is InChI=1S/C8H16Br2O2/c9-3-1-5-11-7-8-12-6-2-4-10/h1-8H2. The molecule has 0 saturated carbocycles. The molecular formula is C8H16Br2O2. The van der Waals surface area contributed by atoms with E-state index in [-0.39, 0.29) is 0 Å². The van der Waals surface area contributed by atoms with Gasteiger partial charge in [-0.15, -0.1) is 0 Å². The second-order valence-corrected chi connectivity index (χ2v) is 3.90. The van der Waals surface area contributed by atoms with E-state index in [2.05, 4.69) is 31.9 Å². The van der Waals surface area contributed by atoms with Crippen molar-refractivity contribution in [2.45, 2.75) is 12.8 Å². The van der Waals surface area contributed by atoms with Gasteiger partial charge in [0.05, 0.1) is 13.2 Å². The van der Waals surface area contributed by atoms with Crippen LogP contribution in [0.25, 0.3) is 0 Å². The third-order valence-corrected chi connectivity index (χ3v) is 2.34. The van der Waals surface area contributed by atoms with E-state index in [1.165, 1.54) is 0 Å². The van der Waals surface area contributed by atoms with Gasteiger partial charge in [0, 0.05) is 23.9 Å². The maximum absolute atomic E-state index is 5.29. The van der Waals surface area contributed by atoms with E-state index in [1.54, 1.807) is 0 Å². The van der Waals surface area contributed by atoms with Crippen molar-refractivity contribution in [1.29, 1.82) is 0 Å². The molecule has 0 amide bonds. The van der Waals surface area contributed by atoms with Crippen LogP contribution in [-0.2, 0) is 9.47 Å². The number of alkyl halides is 2. The van der Waals surface area contributed by atoms with Gasteiger partial charge < -0.3 is 9.47 Å². The third kappa shape index (κ3) is 10.9. The predicted molar refractivity (Wildman–Crippen MR) is 58.5 cm³/mol. The number of ether oxygens (including phenoxy) is 2. The summed E-state index contributed by atoms with van der Waals surface area (Å²) < 4.78 is 10.6. The monoisotopic (exact) mass is 302 g/mol. The fraction of sp³-hybridized carbons (Fsp3) is 1.00. The number of hydrogen-bond donors (Lipinski definition) is 0. The third-order valence-electron chi connectivity index (χ3n) is 1.22. The highest BCUT2D eigenvalue weighted by Gasteiger charge is 1.89. The molecule has 0 aromatic heterocycles. The lowest BCUT2D eigenvalue weighted by atomic mass is 10.5. The first-order valence-corrected chi connectivity index (χ1v) is 6.43. The molecular weight excluding hydrogens is 288 g/mol. The van der Waals surface area contributed by atoms with Crippen LogP contribution >= 0.6 is 31.9 Å². The fourth-order valence-corrected chi connectivity index (χ4v) is 1.09. The molecule has 0 aliphatic heterocycles. The van der Waals surface area contributed by atoms with Crippen LogP contribution in [-0.4, -0.2) is 37.1 Å². The molecule has 74 valence electrons. The van der Waals surface area contributed by atoms with Crippen LogP contribution < -0.4 is 0 Å². The highest BCUT2D eigenvalue weighted by atomic mass is 79.9. The van der Waals surface area contributed by atoms with E-state index < -0.39 is 0 Å². The molecule has 0 N–H and O–H groups in total. The van der Waals surface area contributed by atoms with Gasteiger partial charge in [-0.05, 0) is 12.8 Å². The van der Waals surface area contributed by atoms with Gasteiger partial charge in [-0.3, -0.25) is 0 Å². The summed E-state index contributed by atoms with van der Waals surface area (Å²) in [4.78, 5) is 0. The summed E-state index contributed by atoms with van der Waals surface area (Å²) >= 11 is 6.67. The first-order valence-electron chi connectivity index (χ1n) is 4.19. The van der Waals surface area contributed by atoms with Crippen molar-refractivity contribution in [2.75, 3.05) is 37.1 Å². The van der Waals surface area contributed by atoms with E-state index in [1.807, 2.05) is 0 Å². The molecule has 0 aromatic rings. The minimum atomic E-state index is 0.718. The van der Waals surface area contributed by atoms with E-state index in [9.17, 15) is 0 Å². The fourth-order valence-electron chi connectivity index (χ4n) is 0.635. The molecule has 0 atom stereocenters. The molecule has 0 aromatic carbocycles. The van der Waals surface area contributed by atoms with Gasteiger partial charge in [0.15, 0.2) is 0 Å². The van der Waals surface area contributed by atoms with Crippen molar-refractivity contribution < 1.29 is 9.47 Å². The van der Waals surface area contributed by atoms with Crippen LogP contribution in [0.1, 0.15) is 12.8 Å². The molecule has 0 saturated heterocycles. The molecule has 0 spiro atoms. The van der Waals surface area contributed by atoms with Gasteiger partial charge in [-0.1, -0.05) is 31.9 Å².